The second kappa shape index (κ2) is 17.5. The van der Waals surface area contributed by atoms with Crippen LogP contribution in [0.25, 0.3) is 33.5 Å². The molecule has 0 unspecified atom stereocenters. The number of nitrogens with one attached hydrogen (secondary N) is 3. The van der Waals surface area contributed by atoms with E-state index in [-0.39, 0.29) is 29.3 Å². The SMILES string of the molecule is Cc1cc(-c2ncnc3[nH]c(-c4ccc(N5CCN(CC6CCN(c7ccc(N8CCC(=O)NC8=O)cc7)CC6)C[C@H]5C)nc4)cc23)ccc1[C@@H](C)NC(=O)c1nc(C(C)(C)C)no1. The van der Waals surface area contributed by atoms with Crippen LogP contribution in [-0.4, -0.2) is 105 Å². The van der Waals surface area contributed by atoms with Crippen molar-refractivity contribution in [2.45, 2.75) is 78.3 Å². The highest BCUT2D eigenvalue weighted by atomic mass is 16.5. The van der Waals surface area contributed by atoms with E-state index in [1.165, 1.54) is 5.69 Å². The van der Waals surface area contributed by atoms with Crippen molar-refractivity contribution in [3.8, 4) is 22.5 Å². The van der Waals surface area contributed by atoms with Crippen LogP contribution in [0.4, 0.5) is 22.0 Å². The van der Waals surface area contributed by atoms with Crippen molar-refractivity contribution < 1.29 is 18.9 Å². The standard InChI is InChI=1S/C48H56N12O4/c1-29-23-33(7-13-37(29)31(3)52-44(62)45-55-46(56-64-45)48(4,5)6)42-38-24-39(53-43(38)51-28-50-42)34-8-14-40(49-25-34)59-22-21-57(26-30(59)2)27-32-15-18-58(19-16-32)35-9-11-36(12-10-35)60-20-17-41(61)54-47(60)63/h7-14,23-25,28,30-32H,15-22,26-27H2,1-6H3,(H,52,62)(H,50,51,53)(H,54,61,63)/t30-,31-/m1/s1. The van der Waals surface area contributed by atoms with E-state index in [1.54, 1.807) is 11.2 Å². The van der Waals surface area contributed by atoms with Crippen LogP contribution in [0.5, 0.6) is 0 Å². The maximum atomic E-state index is 13.0. The van der Waals surface area contributed by atoms with Gasteiger partial charge < -0.3 is 24.6 Å². The molecule has 3 aliphatic heterocycles. The molecular formula is C48H56N12O4. The Morgan fingerprint density at radius 1 is 0.922 bits per heavy atom. The maximum Gasteiger partial charge on any atom is 0.328 e. The number of imide groups is 1. The Labute approximate surface area is 372 Å². The van der Waals surface area contributed by atoms with Crippen molar-refractivity contribution in [3.63, 3.8) is 0 Å². The molecule has 2 aromatic carbocycles. The number of H-pyrrole nitrogens is 1. The first-order valence-corrected chi connectivity index (χ1v) is 22.3. The van der Waals surface area contributed by atoms with Crippen molar-refractivity contribution in [3.05, 3.63) is 96.0 Å². The summed E-state index contributed by atoms with van der Waals surface area (Å²) in [5.74, 6) is 1.44. The summed E-state index contributed by atoms with van der Waals surface area (Å²) < 4.78 is 5.25. The molecule has 0 aliphatic carbocycles. The van der Waals surface area contributed by atoms with Gasteiger partial charge in [0.25, 0.3) is 0 Å². The molecule has 2 atom stereocenters. The molecule has 7 heterocycles. The lowest BCUT2D eigenvalue weighted by molar-refractivity contribution is -0.120. The number of aryl methyl sites for hydroxylation is 1. The number of aromatic nitrogens is 6. The molecule has 3 aliphatic rings. The number of fused-ring (bicyclic) bond motifs is 1. The fourth-order valence-corrected chi connectivity index (χ4v) is 9.24. The molecule has 3 saturated heterocycles. The summed E-state index contributed by atoms with van der Waals surface area (Å²) in [5.41, 5.74) is 8.05. The molecule has 3 fully saturated rings. The number of nitrogens with zero attached hydrogens (tertiary/aromatic N) is 9. The second-order valence-electron chi connectivity index (χ2n) is 18.5. The van der Waals surface area contributed by atoms with Crippen LogP contribution < -0.4 is 25.3 Å². The predicted octanol–water partition coefficient (Wildman–Crippen LogP) is 7.04. The van der Waals surface area contributed by atoms with Crippen LogP contribution in [0.15, 0.2) is 77.7 Å². The summed E-state index contributed by atoms with van der Waals surface area (Å²) >= 11 is 0. The van der Waals surface area contributed by atoms with Crippen molar-refractivity contribution in [2.24, 2.45) is 5.92 Å². The van der Waals surface area contributed by atoms with E-state index in [1.807, 2.05) is 65.1 Å². The highest BCUT2D eigenvalue weighted by Crippen LogP contribution is 2.33. The van der Waals surface area contributed by atoms with Gasteiger partial charge >= 0.3 is 17.8 Å². The highest BCUT2D eigenvalue weighted by molar-refractivity contribution is 6.05. The zero-order valence-corrected chi connectivity index (χ0v) is 37.4. The third-order valence-corrected chi connectivity index (χ3v) is 12.9. The molecule has 16 heteroatoms. The number of anilines is 3. The van der Waals surface area contributed by atoms with Gasteiger partial charge in [-0.3, -0.25) is 24.7 Å². The molecule has 9 rings (SSSR count). The number of aromatic amines is 1. The van der Waals surface area contributed by atoms with Crippen molar-refractivity contribution >= 4 is 46.1 Å². The topological polar surface area (TPSA) is 182 Å². The van der Waals surface area contributed by atoms with Crippen LogP contribution in [0, 0.1) is 12.8 Å². The number of piperazine rings is 1. The average Bonchev–Trinajstić information content (AvgIpc) is 3.97. The van der Waals surface area contributed by atoms with Gasteiger partial charge in [0.1, 0.15) is 17.8 Å². The van der Waals surface area contributed by atoms with Gasteiger partial charge in [-0.2, -0.15) is 4.98 Å². The Hall–Kier alpha value is -6.68. The molecule has 0 spiro atoms. The van der Waals surface area contributed by atoms with Gasteiger partial charge in [-0.05, 0) is 99.2 Å². The Morgan fingerprint density at radius 2 is 1.69 bits per heavy atom. The average molecular weight is 865 g/mol. The third kappa shape index (κ3) is 8.91. The number of amides is 4. The van der Waals surface area contributed by atoms with E-state index >= 15 is 0 Å². The number of hydrogen-bond acceptors (Lipinski definition) is 12. The van der Waals surface area contributed by atoms with E-state index in [9.17, 15) is 14.4 Å². The maximum absolute atomic E-state index is 13.0. The highest BCUT2D eigenvalue weighted by Gasteiger charge is 2.30. The molecule has 16 nitrogen and oxygen atoms in total. The molecular weight excluding hydrogens is 809 g/mol. The molecule has 4 amide bonds. The van der Waals surface area contributed by atoms with Gasteiger partial charge in [0.15, 0.2) is 5.82 Å². The van der Waals surface area contributed by atoms with E-state index in [4.69, 9.17) is 14.5 Å². The van der Waals surface area contributed by atoms with E-state index in [0.717, 1.165) is 108 Å². The van der Waals surface area contributed by atoms with Gasteiger partial charge in [0, 0.05) is 103 Å². The van der Waals surface area contributed by atoms with Crippen LogP contribution in [0.1, 0.15) is 87.6 Å². The molecule has 332 valence electrons. The Kier molecular flexibility index (Phi) is 11.6. The van der Waals surface area contributed by atoms with Gasteiger partial charge in [-0.1, -0.05) is 38.1 Å². The molecule has 0 radical (unpaired) electrons. The smallest absolute Gasteiger partial charge is 0.328 e. The fourth-order valence-electron chi connectivity index (χ4n) is 9.24. The summed E-state index contributed by atoms with van der Waals surface area (Å²) in [4.78, 5) is 67.9. The van der Waals surface area contributed by atoms with E-state index in [0.29, 0.717) is 30.7 Å². The fraction of sp³-hybridized carbons (Fsp3) is 0.417. The number of hydrogen-bond donors (Lipinski definition) is 3. The zero-order valence-electron chi connectivity index (χ0n) is 37.4. The van der Waals surface area contributed by atoms with Gasteiger partial charge in [-0.25, -0.2) is 19.7 Å². The van der Waals surface area contributed by atoms with Gasteiger partial charge in [0.2, 0.25) is 5.91 Å². The summed E-state index contributed by atoms with van der Waals surface area (Å²) in [6.45, 7) is 18.6. The van der Waals surface area contributed by atoms with Crippen LogP contribution in [0.2, 0.25) is 0 Å². The van der Waals surface area contributed by atoms with Crippen molar-refractivity contribution in [1.29, 1.82) is 0 Å². The molecule has 6 aromatic rings. The minimum Gasteiger partial charge on any atom is -0.372 e. The summed E-state index contributed by atoms with van der Waals surface area (Å²) in [6.07, 6.45) is 6.13. The van der Waals surface area contributed by atoms with Crippen LogP contribution >= 0.6 is 0 Å². The lowest BCUT2D eigenvalue weighted by Crippen LogP contribution is -2.53. The third-order valence-electron chi connectivity index (χ3n) is 12.9. The first kappa shape index (κ1) is 42.6. The predicted molar refractivity (Wildman–Crippen MR) is 246 cm³/mol. The first-order valence-electron chi connectivity index (χ1n) is 22.3. The molecule has 0 saturated carbocycles. The van der Waals surface area contributed by atoms with Crippen molar-refractivity contribution in [1.82, 2.24) is 45.6 Å². The van der Waals surface area contributed by atoms with E-state index < -0.39 is 5.91 Å². The van der Waals surface area contributed by atoms with E-state index in [2.05, 4.69) is 88.8 Å². The largest absolute Gasteiger partial charge is 0.372 e. The quantitative estimate of drug-likeness (QED) is 0.128. The molecule has 0 bridgehead atoms. The lowest BCUT2D eigenvalue weighted by atomic mass is 9.95. The van der Waals surface area contributed by atoms with Crippen molar-refractivity contribution in [2.75, 3.05) is 60.5 Å². The number of rotatable bonds is 10. The Bertz CT molecular complexity index is 2660. The minimum absolute atomic E-state index is 0.0503. The first-order chi connectivity index (χ1) is 30.8. The molecule has 3 N–H and O–H groups in total. The van der Waals surface area contributed by atoms with Crippen LogP contribution in [-0.2, 0) is 10.2 Å². The number of pyridine rings is 1. The molecule has 4 aromatic heterocycles. The van der Waals surface area contributed by atoms with Crippen LogP contribution in [0.3, 0.4) is 0 Å². The molecule has 64 heavy (non-hydrogen) atoms. The monoisotopic (exact) mass is 864 g/mol. The number of carbonyl (C=O) groups excluding carboxylic acids is 3. The number of piperidine rings is 1. The minimum atomic E-state index is -0.412. The second-order valence-corrected chi connectivity index (χ2v) is 18.5. The lowest BCUT2D eigenvalue weighted by Gasteiger charge is -2.43. The Morgan fingerprint density at radius 3 is 2.38 bits per heavy atom. The normalized spacial score (nSPS) is 18.4. The van der Waals surface area contributed by atoms with Gasteiger partial charge in [0.05, 0.1) is 11.7 Å². The zero-order chi connectivity index (χ0) is 44.7. The summed E-state index contributed by atoms with van der Waals surface area (Å²) in [7, 11) is 0. The van der Waals surface area contributed by atoms with Gasteiger partial charge in [-0.15, -0.1) is 0 Å². The number of benzene rings is 2. The summed E-state index contributed by atoms with van der Waals surface area (Å²) in [5, 5.41) is 10.3. The summed E-state index contributed by atoms with van der Waals surface area (Å²) in [6, 6.07) is 20.3. The number of urea groups is 1. The Balaban J connectivity index is 0.782. The number of carbonyl (C=O) groups is 3.